The fourth-order valence-corrected chi connectivity index (χ4v) is 1.63. The average molecular weight is 199 g/mol. The lowest BCUT2D eigenvalue weighted by Gasteiger charge is -2.21. The summed E-state index contributed by atoms with van der Waals surface area (Å²) in [6, 6.07) is 0. The van der Waals surface area contributed by atoms with E-state index >= 15 is 0 Å². The van der Waals surface area contributed by atoms with Crippen LogP contribution in [0, 0.1) is 0 Å². The summed E-state index contributed by atoms with van der Waals surface area (Å²) in [4.78, 5) is 7.91. The van der Waals surface area contributed by atoms with Crippen LogP contribution in [0.15, 0.2) is 12.4 Å². The zero-order valence-electron chi connectivity index (χ0n) is 7.24. The van der Waals surface area contributed by atoms with E-state index in [1.165, 1.54) is 0 Å². The van der Waals surface area contributed by atoms with Gasteiger partial charge in [-0.3, -0.25) is 0 Å². The van der Waals surface area contributed by atoms with E-state index in [1.54, 1.807) is 12.4 Å². The van der Waals surface area contributed by atoms with E-state index in [1.807, 2.05) is 0 Å². The highest BCUT2D eigenvalue weighted by Gasteiger charge is 2.16. The number of aromatic nitrogens is 2. The Balaban J connectivity index is 2.10. The summed E-state index contributed by atoms with van der Waals surface area (Å²) in [6.07, 6.45) is 5.85. The minimum absolute atomic E-state index is 0.306. The predicted octanol–water partition coefficient (Wildman–Crippen LogP) is 2.02. The summed E-state index contributed by atoms with van der Waals surface area (Å²) in [5.74, 6) is 0.450. The van der Waals surface area contributed by atoms with Crippen LogP contribution >= 0.6 is 11.6 Å². The summed E-state index contributed by atoms with van der Waals surface area (Å²) < 4.78 is 5.38. The highest BCUT2D eigenvalue weighted by molar-refractivity contribution is 6.28. The van der Waals surface area contributed by atoms with Crippen LogP contribution in [0.4, 0.5) is 0 Å². The van der Waals surface area contributed by atoms with Crippen LogP contribution in [0.2, 0.25) is 5.28 Å². The van der Waals surface area contributed by atoms with Gasteiger partial charge < -0.3 is 4.74 Å². The Morgan fingerprint density at radius 3 is 2.77 bits per heavy atom. The van der Waals surface area contributed by atoms with Crippen molar-refractivity contribution in [1.29, 1.82) is 0 Å². The quantitative estimate of drug-likeness (QED) is 0.648. The summed E-state index contributed by atoms with van der Waals surface area (Å²) in [6.45, 7) is 1.66. The van der Waals surface area contributed by atoms with Crippen molar-refractivity contribution in [3.63, 3.8) is 0 Å². The molecule has 0 saturated carbocycles. The first-order valence-electron chi connectivity index (χ1n) is 4.41. The smallest absolute Gasteiger partial charge is 0.222 e. The molecule has 0 N–H and O–H groups in total. The molecule has 1 fully saturated rings. The molecule has 0 radical (unpaired) electrons. The third-order valence-electron chi connectivity index (χ3n) is 2.27. The van der Waals surface area contributed by atoms with Crippen molar-refractivity contribution < 1.29 is 4.74 Å². The van der Waals surface area contributed by atoms with E-state index in [0.29, 0.717) is 11.2 Å². The Labute approximate surface area is 82.1 Å². The Kier molecular flexibility index (Phi) is 2.76. The molecule has 0 amide bonds. The molecule has 70 valence electrons. The van der Waals surface area contributed by atoms with Gasteiger partial charge in [0.05, 0.1) is 6.61 Å². The molecule has 1 aromatic rings. The topological polar surface area (TPSA) is 35.0 Å². The zero-order chi connectivity index (χ0) is 9.10. The normalized spacial score (nSPS) is 23.0. The average Bonchev–Trinajstić information content (AvgIpc) is 2.20. The van der Waals surface area contributed by atoms with Gasteiger partial charge in [-0.25, -0.2) is 9.97 Å². The Morgan fingerprint density at radius 2 is 2.15 bits per heavy atom. The molecule has 3 nitrogen and oxygen atoms in total. The van der Waals surface area contributed by atoms with Crippen molar-refractivity contribution in [3.05, 3.63) is 23.2 Å². The third-order valence-corrected chi connectivity index (χ3v) is 2.47. The second kappa shape index (κ2) is 4.03. The highest BCUT2D eigenvalue weighted by atomic mass is 35.5. The van der Waals surface area contributed by atoms with E-state index in [-0.39, 0.29) is 0 Å². The van der Waals surface area contributed by atoms with Gasteiger partial charge in [-0.2, -0.15) is 0 Å². The van der Waals surface area contributed by atoms with Gasteiger partial charge in [-0.05, 0) is 30.0 Å². The standard InChI is InChI=1S/C9H11ClN2O/c10-9-11-4-8(5-12-9)7-2-1-3-13-6-7/h4-5,7H,1-3,6H2. The summed E-state index contributed by atoms with van der Waals surface area (Å²) in [5, 5.41) is 0.306. The van der Waals surface area contributed by atoms with Crippen molar-refractivity contribution in [2.24, 2.45) is 0 Å². The number of rotatable bonds is 1. The molecular weight excluding hydrogens is 188 g/mol. The van der Waals surface area contributed by atoms with Crippen LogP contribution in [0.3, 0.4) is 0 Å². The van der Waals surface area contributed by atoms with Gasteiger partial charge >= 0.3 is 0 Å². The van der Waals surface area contributed by atoms with Crippen molar-refractivity contribution in [3.8, 4) is 0 Å². The van der Waals surface area contributed by atoms with Crippen LogP contribution in [-0.2, 0) is 4.74 Å². The van der Waals surface area contributed by atoms with Crippen LogP contribution in [-0.4, -0.2) is 23.2 Å². The molecule has 4 heteroatoms. The van der Waals surface area contributed by atoms with Crippen LogP contribution in [0.5, 0.6) is 0 Å². The van der Waals surface area contributed by atoms with E-state index in [2.05, 4.69) is 9.97 Å². The van der Waals surface area contributed by atoms with E-state index in [9.17, 15) is 0 Å². The van der Waals surface area contributed by atoms with Crippen molar-refractivity contribution >= 4 is 11.6 Å². The maximum absolute atomic E-state index is 5.60. The fourth-order valence-electron chi connectivity index (χ4n) is 1.54. The third kappa shape index (κ3) is 2.17. The first-order valence-corrected chi connectivity index (χ1v) is 4.79. The molecular formula is C9H11ClN2O. The van der Waals surface area contributed by atoms with Crippen molar-refractivity contribution in [2.45, 2.75) is 18.8 Å². The largest absolute Gasteiger partial charge is 0.381 e. The molecule has 1 aliphatic rings. The van der Waals surface area contributed by atoms with E-state index in [4.69, 9.17) is 16.3 Å². The molecule has 13 heavy (non-hydrogen) atoms. The molecule has 1 aromatic heterocycles. The van der Waals surface area contributed by atoms with E-state index < -0.39 is 0 Å². The lowest BCUT2D eigenvalue weighted by Crippen LogP contribution is -2.15. The van der Waals surface area contributed by atoms with Gasteiger partial charge in [-0.1, -0.05) is 0 Å². The second-order valence-corrected chi connectivity index (χ2v) is 3.54. The number of ether oxygens (including phenoxy) is 1. The van der Waals surface area contributed by atoms with Gasteiger partial charge in [0.1, 0.15) is 0 Å². The van der Waals surface area contributed by atoms with Crippen LogP contribution in [0.1, 0.15) is 24.3 Å². The summed E-state index contributed by atoms with van der Waals surface area (Å²) in [7, 11) is 0. The van der Waals surface area contributed by atoms with Gasteiger partial charge in [-0.15, -0.1) is 0 Å². The molecule has 0 aromatic carbocycles. The van der Waals surface area contributed by atoms with Gasteiger partial charge in [0.15, 0.2) is 0 Å². The number of nitrogens with zero attached hydrogens (tertiary/aromatic N) is 2. The van der Waals surface area contributed by atoms with Gasteiger partial charge in [0.2, 0.25) is 5.28 Å². The molecule has 1 atom stereocenters. The van der Waals surface area contributed by atoms with Crippen molar-refractivity contribution in [1.82, 2.24) is 9.97 Å². The molecule has 1 saturated heterocycles. The first kappa shape index (κ1) is 8.91. The fraction of sp³-hybridized carbons (Fsp3) is 0.556. The van der Waals surface area contributed by atoms with E-state index in [0.717, 1.165) is 31.6 Å². The molecule has 2 heterocycles. The second-order valence-electron chi connectivity index (χ2n) is 3.20. The maximum atomic E-state index is 5.60. The minimum atomic E-state index is 0.306. The lowest BCUT2D eigenvalue weighted by atomic mass is 9.96. The Bertz CT molecular complexity index is 269. The molecule has 0 bridgehead atoms. The Hall–Kier alpha value is -0.670. The molecule has 1 aliphatic heterocycles. The van der Waals surface area contributed by atoms with Gasteiger partial charge in [0.25, 0.3) is 0 Å². The molecule has 0 spiro atoms. The van der Waals surface area contributed by atoms with Crippen LogP contribution < -0.4 is 0 Å². The van der Waals surface area contributed by atoms with Crippen molar-refractivity contribution in [2.75, 3.05) is 13.2 Å². The highest BCUT2D eigenvalue weighted by Crippen LogP contribution is 2.24. The maximum Gasteiger partial charge on any atom is 0.222 e. The summed E-state index contributed by atoms with van der Waals surface area (Å²) in [5.41, 5.74) is 1.13. The molecule has 0 aliphatic carbocycles. The van der Waals surface area contributed by atoms with Crippen LogP contribution in [0.25, 0.3) is 0 Å². The number of hydrogen-bond donors (Lipinski definition) is 0. The lowest BCUT2D eigenvalue weighted by molar-refractivity contribution is 0.0802. The number of halogens is 1. The minimum Gasteiger partial charge on any atom is -0.381 e. The predicted molar refractivity (Wildman–Crippen MR) is 49.8 cm³/mol. The molecule has 1 unspecified atom stereocenters. The Morgan fingerprint density at radius 1 is 1.38 bits per heavy atom. The monoisotopic (exact) mass is 198 g/mol. The summed E-state index contributed by atoms with van der Waals surface area (Å²) >= 11 is 5.60. The van der Waals surface area contributed by atoms with Gasteiger partial charge in [0, 0.05) is 24.9 Å². The first-order chi connectivity index (χ1) is 6.36. The molecule has 2 rings (SSSR count). The SMILES string of the molecule is Clc1ncc(C2CCCOC2)cn1. The zero-order valence-corrected chi connectivity index (χ0v) is 8.00. The number of hydrogen-bond acceptors (Lipinski definition) is 3.